The maximum atomic E-state index is 12.0. The van der Waals surface area contributed by atoms with Crippen LogP contribution in [0.5, 0.6) is 0 Å². The smallest absolute Gasteiger partial charge is 0.407 e. The molecule has 0 saturated carbocycles. The highest BCUT2D eigenvalue weighted by molar-refractivity contribution is 7.13. The van der Waals surface area contributed by atoms with Crippen molar-refractivity contribution in [2.45, 2.75) is 25.4 Å². The van der Waals surface area contributed by atoms with E-state index in [-0.39, 0.29) is 17.9 Å². The Kier molecular flexibility index (Phi) is 3.48. The first-order valence-corrected chi connectivity index (χ1v) is 9.51. The molecule has 1 amide bonds. The predicted octanol–water partition coefficient (Wildman–Crippen LogP) is 3.09. The molecule has 5 heterocycles. The van der Waals surface area contributed by atoms with E-state index in [0.717, 1.165) is 17.0 Å². The minimum absolute atomic E-state index is 0.0398. The molecular formula is C18H16N4O4S. The molecule has 1 N–H and O–H groups in total. The van der Waals surface area contributed by atoms with Gasteiger partial charge in [0.05, 0.1) is 17.6 Å². The number of amides is 1. The van der Waals surface area contributed by atoms with Crippen LogP contribution in [0.15, 0.2) is 28.1 Å². The number of aromatic nitrogens is 2. The van der Waals surface area contributed by atoms with Gasteiger partial charge in [0.15, 0.2) is 11.4 Å². The lowest BCUT2D eigenvalue weighted by Crippen LogP contribution is -2.70. The van der Waals surface area contributed by atoms with Gasteiger partial charge in [0.25, 0.3) is 6.01 Å². The summed E-state index contributed by atoms with van der Waals surface area (Å²) in [6.45, 7) is 2.59. The Labute approximate surface area is 158 Å². The third kappa shape index (κ3) is 2.42. The summed E-state index contributed by atoms with van der Waals surface area (Å²) in [4.78, 5) is 35.8. The van der Waals surface area contributed by atoms with Crippen LogP contribution in [0.2, 0.25) is 0 Å². The summed E-state index contributed by atoms with van der Waals surface area (Å²) in [5.74, 6) is -0.0796. The van der Waals surface area contributed by atoms with Crippen LogP contribution in [0.1, 0.15) is 23.7 Å². The van der Waals surface area contributed by atoms with E-state index >= 15 is 0 Å². The third-order valence-corrected chi connectivity index (χ3v) is 6.07. The van der Waals surface area contributed by atoms with Crippen LogP contribution < -0.4 is 4.90 Å². The Morgan fingerprint density at radius 2 is 2.07 bits per heavy atom. The van der Waals surface area contributed by atoms with E-state index in [0.29, 0.717) is 35.8 Å². The van der Waals surface area contributed by atoms with Gasteiger partial charge in [0.1, 0.15) is 10.5 Å². The lowest BCUT2D eigenvalue weighted by Gasteiger charge is -2.54. The Balaban J connectivity index is 1.57. The van der Waals surface area contributed by atoms with Crippen molar-refractivity contribution in [3.63, 3.8) is 0 Å². The molecule has 2 unspecified atom stereocenters. The quantitative estimate of drug-likeness (QED) is 0.693. The largest absolute Gasteiger partial charge is 0.465 e. The standard InChI is InChI=1S/C18H16N4O4S/c1-9(23)12-2-3-13(16-19-4-5-27-16)15-14(12)20-17(26-15)21-7-10-6-11(8-21)22(10)18(24)25/h2-5,10-11H,6-8H2,1H3,(H,24,25). The molecule has 2 aromatic heterocycles. The molecule has 1 aromatic carbocycles. The molecule has 0 radical (unpaired) electrons. The lowest BCUT2D eigenvalue weighted by molar-refractivity contribution is 0.0101. The number of hydrogen-bond donors (Lipinski definition) is 1. The molecule has 3 aromatic rings. The summed E-state index contributed by atoms with van der Waals surface area (Å²) < 4.78 is 6.08. The highest BCUT2D eigenvalue weighted by atomic mass is 32.1. The summed E-state index contributed by atoms with van der Waals surface area (Å²) in [5.41, 5.74) is 2.38. The second kappa shape index (κ2) is 5.78. The number of piperidine rings is 1. The van der Waals surface area contributed by atoms with Gasteiger partial charge in [-0.15, -0.1) is 11.3 Å². The fourth-order valence-corrected chi connectivity index (χ4v) is 4.68. The van der Waals surface area contributed by atoms with Crippen LogP contribution in [0.3, 0.4) is 0 Å². The highest BCUT2D eigenvalue weighted by Gasteiger charge is 2.48. The van der Waals surface area contributed by atoms with Crippen molar-refractivity contribution in [2.24, 2.45) is 0 Å². The van der Waals surface area contributed by atoms with Crippen LogP contribution in [0.4, 0.5) is 10.8 Å². The normalized spacial score (nSPS) is 21.4. The summed E-state index contributed by atoms with van der Waals surface area (Å²) in [6.07, 6.45) is 1.71. The number of carbonyl (C=O) groups excluding carboxylic acids is 1. The molecule has 2 bridgehead atoms. The summed E-state index contributed by atoms with van der Waals surface area (Å²) in [5, 5.41) is 12.0. The second-order valence-electron chi connectivity index (χ2n) is 6.87. The number of benzene rings is 1. The number of anilines is 1. The molecule has 3 saturated heterocycles. The second-order valence-corrected chi connectivity index (χ2v) is 7.76. The van der Waals surface area contributed by atoms with Crippen molar-refractivity contribution in [3.05, 3.63) is 29.3 Å². The number of piperazine rings is 1. The molecule has 3 fully saturated rings. The van der Waals surface area contributed by atoms with Gasteiger partial charge in [-0.2, -0.15) is 4.98 Å². The van der Waals surface area contributed by atoms with Crippen molar-refractivity contribution in [3.8, 4) is 10.6 Å². The zero-order valence-electron chi connectivity index (χ0n) is 14.5. The Hall–Kier alpha value is -2.94. The minimum Gasteiger partial charge on any atom is -0.465 e. The fraction of sp³-hybridized carbons (Fsp3) is 0.333. The number of carboxylic acid groups (broad SMARTS) is 1. The number of hydrogen-bond acceptors (Lipinski definition) is 7. The van der Waals surface area contributed by atoms with E-state index in [2.05, 4.69) is 9.97 Å². The van der Waals surface area contributed by atoms with Crippen LogP contribution in [-0.4, -0.2) is 57.0 Å². The summed E-state index contributed by atoms with van der Waals surface area (Å²) in [7, 11) is 0. The molecule has 3 aliphatic rings. The van der Waals surface area contributed by atoms with Gasteiger partial charge >= 0.3 is 6.09 Å². The van der Waals surface area contributed by atoms with Gasteiger partial charge in [0, 0.05) is 30.2 Å². The summed E-state index contributed by atoms with van der Waals surface area (Å²) >= 11 is 1.49. The fourth-order valence-electron chi connectivity index (χ4n) is 4.02. The van der Waals surface area contributed by atoms with E-state index in [1.165, 1.54) is 23.2 Å². The molecular weight excluding hydrogens is 368 g/mol. The van der Waals surface area contributed by atoms with Gasteiger partial charge in [0.2, 0.25) is 0 Å². The molecule has 9 heteroatoms. The molecule has 0 spiro atoms. The first-order chi connectivity index (χ1) is 13.0. The maximum Gasteiger partial charge on any atom is 0.407 e. The van der Waals surface area contributed by atoms with Gasteiger partial charge in [-0.1, -0.05) is 0 Å². The van der Waals surface area contributed by atoms with Crippen LogP contribution in [0.25, 0.3) is 21.7 Å². The molecule has 0 aliphatic carbocycles. The number of fused-ring (bicyclic) bond motifs is 3. The maximum absolute atomic E-state index is 12.0. The van der Waals surface area contributed by atoms with Gasteiger partial charge in [-0.05, 0) is 25.5 Å². The van der Waals surface area contributed by atoms with Crippen molar-refractivity contribution in [2.75, 3.05) is 18.0 Å². The minimum atomic E-state index is -0.876. The number of oxazole rings is 1. The number of carbonyl (C=O) groups is 2. The summed E-state index contributed by atoms with van der Waals surface area (Å²) in [6, 6.07) is 3.94. The van der Waals surface area contributed by atoms with E-state index in [9.17, 15) is 14.7 Å². The highest BCUT2D eigenvalue weighted by Crippen LogP contribution is 2.38. The average molecular weight is 384 g/mol. The average Bonchev–Trinajstić information content (AvgIpc) is 3.30. The van der Waals surface area contributed by atoms with E-state index in [1.54, 1.807) is 12.3 Å². The zero-order chi connectivity index (χ0) is 18.7. The molecule has 2 atom stereocenters. The van der Waals surface area contributed by atoms with Crippen molar-refractivity contribution < 1.29 is 19.1 Å². The van der Waals surface area contributed by atoms with E-state index in [1.807, 2.05) is 16.3 Å². The molecule has 8 nitrogen and oxygen atoms in total. The van der Waals surface area contributed by atoms with Crippen LogP contribution in [-0.2, 0) is 0 Å². The first kappa shape index (κ1) is 16.2. The van der Waals surface area contributed by atoms with Crippen LogP contribution in [0, 0.1) is 0 Å². The van der Waals surface area contributed by atoms with Crippen molar-refractivity contribution in [1.82, 2.24) is 14.9 Å². The van der Waals surface area contributed by atoms with E-state index in [4.69, 9.17) is 4.42 Å². The molecule has 138 valence electrons. The first-order valence-electron chi connectivity index (χ1n) is 8.63. The van der Waals surface area contributed by atoms with Crippen molar-refractivity contribution in [1.29, 1.82) is 0 Å². The predicted molar refractivity (Wildman–Crippen MR) is 99.4 cm³/mol. The Morgan fingerprint density at radius 3 is 2.70 bits per heavy atom. The molecule has 3 aliphatic heterocycles. The number of ketones is 1. The third-order valence-electron chi connectivity index (χ3n) is 5.26. The van der Waals surface area contributed by atoms with Gasteiger partial charge < -0.3 is 14.4 Å². The lowest BCUT2D eigenvalue weighted by atomic mass is 9.88. The molecule has 27 heavy (non-hydrogen) atoms. The SMILES string of the molecule is CC(=O)c1ccc(-c2nccs2)c2oc(N3CC4CC(C3)N4C(=O)O)nc12. The number of nitrogens with zero attached hydrogens (tertiary/aromatic N) is 4. The van der Waals surface area contributed by atoms with Crippen LogP contribution >= 0.6 is 11.3 Å². The zero-order valence-corrected chi connectivity index (χ0v) is 15.3. The Morgan fingerprint density at radius 1 is 1.30 bits per heavy atom. The van der Waals surface area contributed by atoms with E-state index < -0.39 is 6.09 Å². The van der Waals surface area contributed by atoms with Gasteiger partial charge in [-0.25, -0.2) is 9.78 Å². The number of rotatable bonds is 3. The number of thiazole rings is 1. The van der Waals surface area contributed by atoms with Crippen molar-refractivity contribution >= 4 is 40.3 Å². The monoisotopic (exact) mass is 384 g/mol. The number of Topliss-reactive ketones (excluding diaryl/α,β-unsaturated/α-hetero) is 1. The van der Waals surface area contributed by atoms with Gasteiger partial charge in [-0.3, -0.25) is 9.69 Å². The molecule has 6 rings (SSSR count). The topological polar surface area (TPSA) is 99.8 Å². The Bertz CT molecular complexity index is 1050.